The number of aryl methyl sites for hydroxylation is 1. The van der Waals surface area contributed by atoms with Crippen LogP contribution < -0.4 is 10.1 Å². The molecule has 4 unspecified atom stereocenters. The van der Waals surface area contributed by atoms with Crippen molar-refractivity contribution in [2.24, 2.45) is 5.92 Å². The molecular weight excluding hydrogens is 404 g/mol. The molecule has 168 valence electrons. The Bertz CT molecular complexity index is 1360. The average molecular weight is 437 g/mol. The molecule has 0 saturated heterocycles. The van der Waals surface area contributed by atoms with Gasteiger partial charge in [-0.15, -0.1) is 0 Å². The summed E-state index contributed by atoms with van der Waals surface area (Å²) in [4.78, 5) is 0. The van der Waals surface area contributed by atoms with E-state index >= 15 is 0 Å². The largest absolute Gasteiger partial charge is 0.491 e. The van der Waals surface area contributed by atoms with E-state index in [-0.39, 0.29) is 6.10 Å². The van der Waals surface area contributed by atoms with Gasteiger partial charge in [0.2, 0.25) is 0 Å². The van der Waals surface area contributed by atoms with Gasteiger partial charge < -0.3 is 14.6 Å². The maximum Gasteiger partial charge on any atom is 0.120 e. The van der Waals surface area contributed by atoms with Crippen LogP contribution in [0.4, 0.5) is 5.69 Å². The molecule has 3 heteroatoms. The number of hydrogen-bond acceptors (Lipinski definition) is 2. The van der Waals surface area contributed by atoms with Gasteiger partial charge in [-0.1, -0.05) is 43.3 Å². The lowest BCUT2D eigenvalue weighted by molar-refractivity contribution is 0.217. The van der Waals surface area contributed by atoms with Crippen LogP contribution in [0.3, 0.4) is 0 Å². The van der Waals surface area contributed by atoms with Crippen molar-refractivity contribution in [2.75, 3.05) is 5.32 Å². The lowest BCUT2D eigenvalue weighted by Crippen LogP contribution is -2.29. The Morgan fingerprint density at radius 2 is 1.85 bits per heavy atom. The van der Waals surface area contributed by atoms with Gasteiger partial charge in [-0.2, -0.15) is 0 Å². The number of allylic oxidation sites excluding steroid dienone is 2. The highest BCUT2D eigenvalue weighted by Gasteiger charge is 2.38. The number of ether oxygens (including phenoxy) is 1. The molecule has 0 amide bonds. The average Bonchev–Trinajstić information content (AvgIpc) is 3.46. The molecule has 33 heavy (non-hydrogen) atoms. The molecule has 0 fully saturated rings. The first-order chi connectivity index (χ1) is 16.2. The fraction of sp³-hybridized carbons (Fsp3) is 0.333. The summed E-state index contributed by atoms with van der Waals surface area (Å²) in [6.45, 7) is 7.51. The van der Waals surface area contributed by atoms with Gasteiger partial charge in [0.15, 0.2) is 0 Å². The van der Waals surface area contributed by atoms with Gasteiger partial charge in [0, 0.05) is 40.0 Å². The monoisotopic (exact) mass is 436 g/mol. The van der Waals surface area contributed by atoms with E-state index in [2.05, 4.69) is 103 Å². The number of aromatic nitrogens is 1. The second-order valence-corrected chi connectivity index (χ2v) is 9.60. The van der Waals surface area contributed by atoms with Crippen molar-refractivity contribution in [1.82, 2.24) is 4.57 Å². The molecule has 2 heterocycles. The van der Waals surface area contributed by atoms with Gasteiger partial charge in [0.1, 0.15) is 5.75 Å². The van der Waals surface area contributed by atoms with Gasteiger partial charge >= 0.3 is 0 Å². The Morgan fingerprint density at radius 1 is 1.00 bits per heavy atom. The van der Waals surface area contributed by atoms with Crippen molar-refractivity contribution in [3.05, 3.63) is 83.9 Å². The Balaban J connectivity index is 1.42. The standard InChI is InChI=1S/C30H32N2O/c1-4-19(3)33-21-14-15-27-25(18-21)22-10-8-11-24(22)30(31-27)20-13-16-29-26(17-20)23-9-6-7-12-28(23)32(29)5-2/h6-10,12-19,22,24,30-31H,4-5,11H2,1-3H3. The fourth-order valence-electron chi connectivity index (χ4n) is 5.90. The maximum atomic E-state index is 6.14. The van der Waals surface area contributed by atoms with Crippen LogP contribution in [-0.2, 0) is 6.54 Å². The van der Waals surface area contributed by atoms with E-state index in [9.17, 15) is 0 Å². The lowest BCUT2D eigenvalue weighted by Gasteiger charge is -2.38. The molecular formula is C30H32N2O. The topological polar surface area (TPSA) is 26.2 Å². The molecule has 0 spiro atoms. The summed E-state index contributed by atoms with van der Waals surface area (Å²) in [5, 5.41) is 6.62. The van der Waals surface area contributed by atoms with E-state index in [1.165, 1.54) is 38.6 Å². The third kappa shape index (κ3) is 3.25. The predicted molar refractivity (Wildman–Crippen MR) is 138 cm³/mol. The first-order valence-corrected chi connectivity index (χ1v) is 12.4. The molecule has 1 aliphatic heterocycles. The number of nitrogens with zero attached hydrogens (tertiary/aromatic N) is 1. The molecule has 6 rings (SSSR count). The summed E-state index contributed by atoms with van der Waals surface area (Å²) in [7, 11) is 0. The van der Waals surface area contributed by atoms with E-state index in [1.807, 2.05) is 0 Å². The Kier molecular flexibility index (Phi) is 4.94. The highest BCUT2D eigenvalue weighted by Crippen LogP contribution is 2.51. The Labute approximate surface area is 196 Å². The SMILES string of the molecule is CCC(C)Oc1ccc2c(c1)C1C=CCC1C(c1ccc3c(c1)c1ccccc1n3CC)N2. The third-order valence-corrected chi connectivity index (χ3v) is 7.72. The van der Waals surface area contributed by atoms with Gasteiger partial charge in [0.25, 0.3) is 0 Å². The number of nitrogens with one attached hydrogen (secondary N) is 1. The quantitative estimate of drug-likeness (QED) is 0.323. The van der Waals surface area contributed by atoms with E-state index < -0.39 is 0 Å². The third-order valence-electron chi connectivity index (χ3n) is 7.72. The zero-order chi connectivity index (χ0) is 22.5. The Hall–Kier alpha value is -3.20. The van der Waals surface area contributed by atoms with Crippen LogP contribution in [0.5, 0.6) is 5.75 Å². The molecule has 0 saturated carbocycles. The number of benzene rings is 3. The van der Waals surface area contributed by atoms with Crippen LogP contribution in [0, 0.1) is 5.92 Å². The van der Waals surface area contributed by atoms with Crippen molar-refractivity contribution < 1.29 is 4.74 Å². The molecule has 2 aliphatic rings. The number of fused-ring (bicyclic) bond motifs is 6. The zero-order valence-corrected chi connectivity index (χ0v) is 19.7. The molecule has 1 aliphatic carbocycles. The van der Waals surface area contributed by atoms with Crippen LogP contribution in [0.1, 0.15) is 56.7 Å². The first kappa shape index (κ1) is 20.4. The predicted octanol–water partition coefficient (Wildman–Crippen LogP) is 7.82. The van der Waals surface area contributed by atoms with E-state index in [4.69, 9.17) is 4.74 Å². The number of para-hydroxylation sites is 1. The number of rotatable bonds is 5. The first-order valence-electron chi connectivity index (χ1n) is 12.4. The molecule has 1 aromatic heterocycles. The van der Waals surface area contributed by atoms with Crippen molar-refractivity contribution in [2.45, 2.75) is 58.2 Å². The minimum absolute atomic E-state index is 0.235. The van der Waals surface area contributed by atoms with E-state index in [0.29, 0.717) is 17.9 Å². The smallest absolute Gasteiger partial charge is 0.120 e. The molecule has 3 aromatic carbocycles. The van der Waals surface area contributed by atoms with Crippen LogP contribution >= 0.6 is 0 Å². The normalized spacial score (nSPS) is 22.2. The van der Waals surface area contributed by atoms with Crippen molar-refractivity contribution in [3.8, 4) is 5.75 Å². The van der Waals surface area contributed by atoms with Crippen LogP contribution in [-0.4, -0.2) is 10.7 Å². The van der Waals surface area contributed by atoms with E-state index in [0.717, 1.165) is 25.1 Å². The maximum absolute atomic E-state index is 6.14. The number of anilines is 1. The summed E-state index contributed by atoms with van der Waals surface area (Å²) in [5.74, 6) is 1.93. The van der Waals surface area contributed by atoms with Crippen molar-refractivity contribution in [1.29, 1.82) is 0 Å². The molecule has 4 aromatic rings. The molecule has 1 N–H and O–H groups in total. The summed E-state index contributed by atoms with van der Waals surface area (Å²) in [6.07, 6.45) is 7.13. The summed E-state index contributed by atoms with van der Waals surface area (Å²) < 4.78 is 8.56. The highest BCUT2D eigenvalue weighted by molar-refractivity contribution is 6.08. The minimum Gasteiger partial charge on any atom is -0.491 e. The van der Waals surface area contributed by atoms with Crippen LogP contribution in [0.2, 0.25) is 0 Å². The molecule has 3 nitrogen and oxygen atoms in total. The van der Waals surface area contributed by atoms with E-state index in [1.54, 1.807) is 0 Å². The minimum atomic E-state index is 0.235. The zero-order valence-electron chi connectivity index (χ0n) is 19.7. The van der Waals surface area contributed by atoms with Gasteiger partial charge in [-0.05, 0) is 80.1 Å². The van der Waals surface area contributed by atoms with Crippen LogP contribution in [0.25, 0.3) is 21.8 Å². The second kappa shape index (κ2) is 7.98. The van der Waals surface area contributed by atoms with Gasteiger partial charge in [-0.25, -0.2) is 0 Å². The lowest BCUT2D eigenvalue weighted by atomic mass is 9.77. The van der Waals surface area contributed by atoms with Gasteiger partial charge in [-0.3, -0.25) is 0 Å². The summed E-state index contributed by atoms with van der Waals surface area (Å²) in [6, 6.07) is 22.8. The van der Waals surface area contributed by atoms with Crippen LogP contribution in [0.15, 0.2) is 72.8 Å². The van der Waals surface area contributed by atoms with Gasteiger partial charge in [0.05, 0.1) is 12.1 Å². The second-order valence-electron chi connectivity index (χ2n) is 9.60. The molecule has 4 atom stereocenters. The molecule has 0 bridgehead atoms. The molecule has 0 radical (unpaired) electrons. The van der Waals surface area contributed by atoms with Crippen molar-refractivity contribution in [3.63, 3.8) is 0 Å². The summed E-state index contributed by atoms with van der Waals surface area (Å²) >= 11 is 0. The fourth-order valence-corrected chi connectivity index (χ4v) is 5.90. The summed E-state index contributed by atoms with van der Waals surface area (Å²) in [5.41, 5.74) is 6.63. The number of hydrogen-bond donors (Lipinski definition) is 1. The Morgan fingerprint density at radius 3 is 2.70 bits per heavy atom. The van der Waals surface area contributed by atoms with Crippen molar-refractivity contribution >= 4 is 27.5 Å². The highest BCUT2D eigenvalue weighted by atomic mass is 16.5.